The molecule has 0 aliphatic carbocycles. The van der Waals surface area contributed by atoms with Crippen LogP contribution in [0.25, 0.3) is 109 Å². The second kappa shape index (κ2) is 12.3. The Morgan fingerprint density at radius 1 is 0.370 bits per heavy atom. The van der Waals surface area contributed by atoms with Crippen molar-refractivity contribution in [1.29, 1.82) is 0 Å². The predicted octanol–water partition coefficient (Wildman–Crippen LogP) is 13.6. The van der Waals surface area contributed by atoms with Crippen LogP contribution in [0.3, 0.4) is 0 Å². The van der Waals surface area contributed by atoms with E-state index in [4.69, 9.17) is 19.4 Å². The second-order valence-electron chi connectivity index (χ2n) is 13.6. The summed E-state index contributed by atoms with van der Waals surface area (Å²) in [6.45, 7) is 0. The highest BCUT2D eigenvalue weighted by Gasteiger charge is 2.20. The molecule has 54 heavy (non-hydrogen) atoms. The average molecular weight is 708 g/mol. The van der Waals surface area contributed by atoms with Gasteiger partial charge in [0, 0.05) is 47.6 Å². The Balaban J connectivity index is 1.11. The van der Waals surface area contributed by atoms with Crippen LogP contribution < -0.4 is 0 Å². The van der Waals surface area contributed by atoms with E-state index in [1.165, 1.54) is 43.1 Å². The largest absolute Gasteiger partial charge is 0.456 e. The maximum atomic E-state index is 6.28. The zero-order chi connectivity index (χ0) is 35.6. The number of furan rings is 1. The average Bonchev–Trinajstić information content (AvgIpc) is 3.82. The zero-order valence-corrected chi connectivity index (χ0v) is 29.7. The van der Waals surface area contributed by atoms with Crippen molar-refractivity contribution in [2.75, 3.05) is 0 Å². The highest BCUT2D eigenvalue weighted by Crippen LogP contribution is 2.45. The van der Waals surface area contributed by atoms with Gasteiger partial charge in [0.15, 0.2) is 17.5 Å². The molecule has 0 aliphatic heterocycles. The molecular weight excluding hydrogens is 679 g/mol. The molecule has 0 spiro atoms. The van der Waals surface area contributed by atoms with Gasteiger partial charge >= 0.3 is 0 Å². The van der Waals surface area contributed by atoms with E-state index in [1.54, 1.807) is 11.3 Å². The number of rotatable bonds is 5. The Bertz CT molecular complexity index is 3200. The molecule has 3 heterocycles. The first-order valence-electron chi connectivity index (χ1n) is 18.0. The summed E-state index contributed by atoms with van der Waals surface area (Å²) in [7, 11) is 0. The Hall–Kier alpha value is -6.95. The summed E-state index contributed by atoms with van der Waals surface area (Å²) < 4.78 is 8.66. The summed E-state index contributed by atoms with van der Waals surface area (Å²) in [5.41, 5.74) is 9.27. The number of hydrogen-bond acceptors (Lipinski definition) is 5. The number of fused-ring (bicyclic) bond motifs is 8. The van der Waals surface area contributed by atoms with Crippen LogP contribution in [-0.4, -0.2) is 15.0 Å². The lowest BCUT2D eigenvalue weighted by Gasteiger charge is -2.11. The highest BCUT2D eigenvalue weighted by molar-refractivity contribution is 7.26. The SMILES string of the molecule is c1ccc(-c2ccc(-c3ccc4sc5c(-c6nc(-c7ccccc7)nc(-c7ccc8c(c7)oc7ccccc78)n6)cc6ccccc6c5c4c3)cc2)cc1. The molecular formula is C49H29N3OS. The van der Waals surface area contributed by atoms with Crippen molar-refractivity contribution in [3.8, 4) is 56.4 Å². The monoisotopic (exact) mass is 707 g/mol. The lowest BCUT2D eigenvalue weighted by Crippen LogP contribution is -2.00. The minimum Gasteiger partial charge on any atom is -0.456 e. The van der Waals surface area contributed by atoms with E-state index in [0.29, 0.717) is 17.5 Å². The summed E-state index contributed by atoms with van der Waals surface area (Å²) in [6, 6.07) is 61.6. The normalized spacial score (nSPS) is 11.7. The summed E-state index contributed by atoms with van der Waals surface area (Å²) in [4.78, 5) is 15.5. The number of hydrogen-bond donors (Lipinski definition) is 0. The van der Waals surface area contributed by atoms with Crippen LogP contribution in [0.1, 0.15) is 0 Å². The van der Waals surface area contributed by atoms with E-state index >= 15 is 0 Å². The minimum atomic E-state index is 0.602. The van der Waals surface area contributed by atoms with Crippen LogP contribution in [0, 0.1) is 0 Å². The van der Waals surface area contributed by atoms with Gasteiger partial charge in [-0.1, -0.05) is 140 Å². The summed E-state index contributed by atoms with van der Waals surface area (Å²) in [5, 5.41) is 6.97. The number of nitrogens with zero attached hydrogens (tertiary/aromatic N) is 3. The summed E-state index contributed by atoms with van der Waals surface area (Å²) >= 11 is 1.79. The van der Waals surface area contributed by atoms with Crippen molar-refractivity contribution in [3.63, 3.8) is 0 Å². The van der Waals surface area contributed by atoms with E-state index in [9.17, 15) is 0 Å². The van der Waals surface area contributed by atoms with Gasteiger partial charge in [0.2, 0.25) is 0 Å². The molecule has 5 heteroatoms. The minimum absolute atomic E-state index is 0.602. The third-order valence-corrected chi connectivity index (χ3v) is 11.5. The van der Waals surface area contributed by atoms with Crippen molar-refractivity contribution >= 4 is 64.2 Å². The highest BCUT2D eigenvalue weighted by atomic mass is 32.1. The summed E-state index contributed by atoms with van der Waals surface area (Å²) in [5.74, 6) is 1.87. The number of thiophene rings is 1. The lowest BCUT2D eigenvalue weighted by molar-refractivity contribution is 0.669. The van der Waals surface area contributed by atoms with Crippen molar-refractivity contribution in [2.45, 2.75) is 0 Å². The third-order valence-electron chi connectivity index (χ3n) is 10.3. The van der Waals surface area contributed by atoms with Gasteiger partial charge < -0.3 is 4.42 Å². The smallest absolute Gasteiger partial charge is 0.165 e. The van der Waals surface area contributed by atoms with Gasteiger partial charge in [0.25, 0.3) is 0 Å². The number of aromatic nitrogens is 3. The van der Waals surface area contributed by atoms with E-state index in [1.807, 2.05) is 42.5 Å². The molecule has 11 rings (SSSR count). The van der Waals surface area contributed by atoms with Gasteiger partial charge in [-0.25, -0.2) is 15.0 Å². The molecule has 4 nitrogen and oxygen atoms in total. The molecule has 3 aromatic heterocycles. The topological polar surface area (TPSA) is 51.8 Å². The lowest BCUT2D eigenvalue weighted by atomic mass is 9.97. The van der Waals surface area contributed by atoms with Crippen LogP contribution in [0.2, 0.25) is 0 Å². The zero-order valence-electron chi connectivity index (χ0n) is 28.9. The fourth-order valence-corrected chi connectivity index (χ4v) is 8.87. The Labute approximate surface area is 314 Å². The van der Waals surface area contributed by atoms with Gasteiger partial charge in [-0.05, 0) is 69.4 Å². The van der Waals surface area contributed by atoms with Crippen molar-refractivity contribution in [2.24, 2.45) is 0 Å². The Morgan fingerprint density at radius 2 is 0.944 bits per heavy atom. The second-order valence-corrected chi connectivity index (χ2v) is 14.6. The van der Waals surface area contributed by atoms with Crippen molar-refractivity contribution < 1.29 is 4.42 Å². The van der Waals surface area contributed by atoms with Crippen molar-refractivity contribution in [3.05, 3.63) is 176 Å². The van der Waals surface area contributed by atoms with Crippen LogP contribution in [-0.2, 0) is 0 Å². The van der Waals surface area contributed by atoms with Gasteiger partial charge in [0.05, 0.1) is 0 Å². The standard InChI is InChI=1S/C49H29N3OS/c1-3-11-30(12-4-1)31-19-21-32(22-20-31)34-24-26-44-40(27-34)45-37-16-8-7-15-35(37)28-41(46(45)54-44)49-51-47(33-13-5-2-6-14-33)50-48(52-49)36-23-25-39-38-17-9-10-18-42(38)53-43(39)29-36/h1-29H. The number of benzene rings is 8. The molecule has 0 radical (unpaired) electrons. The third kappa shape index (κ3) is 5.09. The molecule has 0 atom stereocenters. The predicted molar refractivity (Wildman–Crippen MR) is 225 cm³/mol. The van der Waals surface area contributed by atoms with E-state index in [-0.39, 0.29) is 0 Å². The van der Waals surface area contributed by atoms with Crippen LogP contribution in [0.5, 0.6) is 0 Å². The van der Waals surface area contributed by atoms with Gasteiger partial charge in [-0.2, -0.15) is 0 Å². The molecule has 252 valence electrons. The van der Waals surface area contributed by atoms with E-state index in [2.05, 4.69) is 133 Å². The van der Waals surface area contributed by atoms with E-state index < -0.39 is 0 Å². The number of para-hydroxylation sites is 1. The molecule has 0 aliphatic rings. The van der Waals surface area contributed by atoms with Gasteiger partial charge in [0.1, 0.15) is 11.2 Å². The van der Waals surface area contributed by atoms with Crippen LogP contribution in [0.4, 0.5) is 0 Å². The van der Waals surface area contributed by atoms with E-state index in [0.717, 1.165) is 48.7 Å². The summed E-state index contributed by atoms with van der Waals surface area (Å²) in [6.07, 6.45) is 0. The van der Waals surface area contributed by atoms with Crippen molar-refractivity contribution in [1.82, 2.24) is 15.0 Å². The van der Waals surface area contributed by atoms with Gasteiger partial charge in [-0.15, -0.1) is 11.3 Å². The Morgan fingerprint density at radius 3 is 1.74 bits per heavy atom. The first kappa shape index (κ1) is 30.7. The first-order chi connectivity index (χ1) is 26.7. The van der Waals surface area contributed by atoms with Crippen LogP contribution in [0.15, 0.2) is 180 Å². The van der Waals surface area contributed by atoms with Crippen LogP contribution >= 0.6 is 11.3 Å². The molecule has 0 bridgehead atoms. The maximum absolute atomic E-state index is 6.28. The van der Waals surface area contributed by atoms with Gasteiger partial charge in [-0.3, -0.25) is 0 Å². The first-order valence-corrected chi connectivity index (χ1v) is 18.8. The quantitative estimate of drug-likeness (QED) is 0.179. The molecule has 0 N–H and O–H groups in total. The maximum Gasteiger partial charge on any atom is 0.165 e. The fraction of sp³-hybridized carbons (Fsp3) is 0. The Kier molecular flexibility index (Phi) is 7.00. The molecule has 0 fully saturated rings. The molecule has 11 aromatic rings. The molecule has 0 amide bonds. The molecule has 0 saturated heterocycles. The molecule has 8 aromatic carbocycles. The fourth-order valence-electron chi connectivity index (χ4n) is 7.66. The molecule has 0 saturated carbocycles. The molecule has 0 unspecified atom stereocenters.